The summed E-state index contributed by atoms with van der Waals surface area (Å²) in [5, 5.41) is 1.14. The zero-order valence-corrected chi connectivity index (χ0v) is 17.9. The van der Waals surface area contributed by atoms with Gasteiger partial charge >= 0.3 is 0 Å². The summed E-state index contributed by atoms with van der Waals surface area (Å²) in [5.74, 6) is -0.230. The van der Waals surface area contributed by atoms with E-state index in [9.17, 15) is 4.79 Å². The molecule has 0 spiro atoms. The Kier molecular flexibility index (Phi) is 5.47. The Morgan fingerprint density at radius 3 is 2.45 bits per heavy atom. The Morgan fingerprint density at radius 1 is 1.03 bits per heavy atom. The van der Waals surface area contributed by atoms with E-state index in [0.29, 0.717) is 19.6 Å². The number of amides is 1. The molecule has 160 valence electrons. The molecule has 5 heteroatoms. The smallest absolute Gasteiger partial charge is 0.222 e. The Bertz CT molecular complexity index is 1070. The van der Waals surface area contributed by atoms with Crippen LogP contribution < -0.4 is 0 Å². The number of nitrogens with zero attached hydrogens (tertiary/aromatic N) is 2. The van der Waals surface area contributed by atoms with E-state index in [1.807, 2.05) is 24.1 Å². The molecule has 5 nitrogen and oxygen atoms in total. The predicted octanol–water partition coefficient (Wildman–Crippen LogP) is 4.75. The molecule has 3 aromatic rings. The van der Waals surface area contributed by atoms with Crippen molar-refractivity contribution in [3.8, 4) is 11.1 Å². The van der Waals surface area contributed by atoms with E-state index in [2.05, 4.69) is 53.5 Å². The second kappa shape index (κ2) is 8.40. The summed E-state index contributed by atoms with van der Waals surface area (Å²) in [7, 11) is 0. The molecule has 0 radical (unpaired) electrons. The first-order chi connectivity index (χ1) is 15.2. The van der Waals surface area contributed by atoms with Crippen molar-refractivity contribution in [3.05, 3.63) is 66.4 Å². The van der Waals surface area contributed by atoms with Gasteiger partial charge in [-0.3, -0.25) is 9.78 Å². The lowest BCUT2D eigenvalue weighted by Crippen LogP contribution is -2.45. The van der Waals surface area contributed by atoms with Crippen molar-refractivity contribution < 1.29 is 14.3 Å². The minimum Gasteiger partial charge on any atom is -0.343 e. The molecule has 0 saturated carbocycles. The number of pyridine rings is 1. The van der Waals surface area contributed by atoms with Crippen LogP contribution >= 0.6 is 0 Å². The van der Waals surface area contributed by atoms with Crippen molar-refractivity contribution >= 4 is 16.8 Å². The number of carbonyl (C=O) groups excluding carboxylic acids is 1. The monoisotopic (exact) mass is 416 g/mol. The number of aromatic nitrogens is 1. The van der Waals surface area contributed by atoms with Crippen molar-refractivity contribution in [1.29, 1.82) is 0 Å². The first kappa shape index (κ1) is 20.2. The lowest BCUT2D eigenvalue weighted by Gasteiger charge is -2.41. The van der Waals surface area contributed by atoms with Crippen molar-refractivity contribution in [2.24, 2.45) is 5.92 Å². The molecule has 2 saturated heterocycles. The number of hydrogen-bond acceptors (Lipinski definition) is 4. The summed E-state index contributed by atoms with van der Waals surface area (Å²) in [5.41, 5.74) is 4.35. The standard InChI is InChI=1S/C26H28N2O3/c1-2-25(29)28-14-11-23(12-15-28)26(30-16-17-31-26)22-9-7-19(8-10-22)21-6-5-20-4-3-13-27-24(20)18-21/h3-10,13,18,23H,2,11-12,14-17H2,1H3. The van der Waals surface area contributed by atoms with Crippen molar-refractivity contribution in [1.82, 2.24) is 9.88 Å². The average Bonchev–Trinajstić information content (AvgIpc) is 3.35. The highest BCUT2D eigenvalue weighted by Crippen LogP contribution is 2.44. The topological polar surface area (TPSA) is 51.7 Å². The van der Waals surface area contributed by atoms with Crippen LogP contribution in [0.15, 0.2) is 60.8 Å². The van der Waals surface area contributed by atoms with Crippen LogP contribution in [0.2, 0.25) is 0 Å². The second-order valence-corrected chi connectivity index (χ2v) is 8.36. The maximum absolute atomic E-state index is 12.1. The van der Waals surface area contributed by atoms with E-state index in [0.717, 1.165) is 53.5 Å². The fourth-order valence-corrected chi connectivity index (χ4v) is 4.94. The van der Waals surface area contributed by atoms with Gasteiger partial charge in [-0.05, 0) is 36.1 Å². The highest BCUT2D eigenvalue weighted by atomic mass is 16.7. The molecule has 2 fully saturated rings. The summed E-state index contributed by atoms with van der Waals surface area (Å²) in [6.45, 7) is 4.67. The SMILES string of the molecule is CCC(=O)N1CCC(C2(c3ccc(-c4ccc5cccnc5c4)cc3)OCCO2)CC1. The van der Waals surface area contributed by atoms with E-state index in [4.69, 9.17) is 9.47 Å². The third-order valence-electron chi connectivity index (χ3n) is 6.63. The molecule has 0 N–H and O–H groups in total. The van der Waals surface area contributed by atoms with E-state index >= 15 is 0 Å². The third-order valence-corrected chi connectivity index (χ3v) is 6.63. The maximum atomic E-state index is 12.1. The van der Waals surface area contributed by atoms with Crippen LogP contribution in [0.1, 0.15) is 31.7 Å². The number of fused-ring (bicyclic) bond motifs is 1. The largest absolute Gasteiger partial charge is 0.343 e. The molecule has 2 aromatic carbocycles. The van der Waals surface area contributed by atoms with Crippen LogP contribution in [0.5, 0.6) is 0 Å². The Labute approximate surface area is 183 Å². The van der Waals surface area contributed by atoms with E-state index in [1.165, 1.54) is 0 Å². The fraction of sp³-hybridized carbons (Fsp3) is 0.385. The van der Waals surface area contributed by atoms with Gasteiger partial charge in [-0.1, -0.05) is 49.4 Å². The lowest BCUT2D eigenvalue weighted by atomic mass is 9.83. The average molecular weight is 417 g/mol. The Balaban J connectivity index is 1.39. The highest BCUT2D eigenvalue weighted by Gasteiger charge is 2.47. The molecule has 1 aromatic heterocycles. The van der Waals surface area contributed by atoms with Crippen LogP contribution in [0.3, 0.4) is 0 Å². The highest BCUT2D eigenvalue weighted by molar-refractivity contribution is 5.84. The molecule has 31 heavy (non-hydrogen) atoms. The van der Waals surface area contributed by atoms with Crippen LogP contribution in [-0.4, -0.2) is 42.1 Å². The number of carbonyl (C=O) groups is 1. The van der Waals surface area contributed by atoms with E-state index in [-0.39, 0.29) is 11.8 Å². The maximum Gasteiger partial charge on any atom is 0.222 e. The molecule has 0 bridgehead atoms. The van der Waals surface area contributed by atoms with Gasteiger partial charge in [0.05, 0.1) is 18.7 Å². The van der Waals surface area contributed by atoms with Gasteiger partial charge in [-0.25, -0.2) is 0 Å². The van der Waals surface area contributed by atoms with Gasteiger partial charge in [-0.15, -0.1) is 0 Å². The summed E-state index contributed by atoms with van der Waals surface area (Å²) < 4.78 is 12.5. The van der Waals surface area contributed by atoms with E-state index in [1.54, 1.807) is 0 Å². The molecule has 3 heterocycles. The van der Waals surface area contributed by atoms with Crippen LogP contribution in [-0.2, 0) is 20.1 Å². The van der Waals surface area contributed by atoms with Gasteiger partial charge < -0.3 is 14.4 Å². The minimum absolute atomic E-state index is 0.231. The van der Waals surface area contributed by atoms with Gasteiger partial charge in [0.15, 0.2) is 5.79 Å². The molecular weight excluding hydrogens is 388 g/mol. The van der Waals surface area contributed by atoms with E-state index < -0.39 is 5.79 Å². The Morgan fingerprint density at radius 2 is 1.74 bits per heavy atom. The predicted molar refractivity (Wildman–Crippen MR) is 120 cm³/mol. The van der Waals surface area contributed by atoms with Crippen molar-refractivity contribution in [3.63, 3.8) is 0 Å². The summed E-state index contributed by atoms with van der Waals surface area (Å²) in [4.78, 5) is 18.5. The molecule has 5 rings (SSSR count). The zero-order valence-electron chi connectivity index (χ0n) is 17.9. The van der Waals surface area contributed by atoms with Gasteiger partial charge in [0.2, 0.25) is 5.91 Å². The number of hydrogen-bond donors (Lipinski definition) is 0. The van der Waals surface area contributed by atoms with Crippen LogP contribution in [0.25, 0.3) is 22.0 Å². The molecule has 0 aliphatic carbocycles. The summed E-state index contributed by atoms with van der Waals surface area (Å²) >= 11 is 0. The third kappa shape index (κ3) is 3.73. The van der Waals surface area contributed by atoms with Crippen molar-refractivity contribution in [2.75, 3.05) is 26.3 Å². The quantitative estimate of drug-likeness (QED) is 0.616. The van der Waals surface area contributed by atoms with Crippen LogP contribution in [0, 0.1) is 5.92 Å². The number of likely N-dealkylation sites (tertiary alicyclic amines) is 1. The minimum atomic E-state index is -0.704. The number of ether oxygens (including phenoxy) is 2. The first-order valence-corrected chi connectivity index (χ1v) is 11.2. The second-order valence-electron chi connectivity index (χ2n) is 8.36. The molecule has 0 unspecified atom stereocenters. The summed E-state index contributed by atoms with van der Waals surface area (Å²) in [6, 6.07) is 19.0. The summed E-state index contributed by atoms with van der Waals surface area (Å²) in [6.07, 6.45) is 4.18. The lowest BCUT2D eigenvalue weighted by molar-refractivity contribution is -0.214. The molecule has 1 amide bonds. The molecular formula is C26H28N2O3. The molecule has 2 aliphatic heterocycles. The molecule has 2 aliphatic rings. The van der Waals surface area contributed by atoms with Gasteiger partial charge in [0.1, 0.15) is 0 Å². The number of piperidine rings is 1. The van der Waals surface area contributed by atoms with Crippen LogP contribution in [0.4, 0.5) is 0 Å². The number of benzene rings is 2. The van der Waals surface area contributed by atoms with Gasteiger partial charge in [-0.2, -0.15) is 0 Å². The number of rotatable bonds is 4. The Hall–Kier alpha value is -2.76. The van der Waals surface area contributed by atoms with Gasteiger partial charge in [0, 0.05) is 42.6 Å². The fourth-order valence-electron chi connectivity index (χ4n) is 4.94. The molecule has 0 atom stereocenters. The van der Waals surface area contributed by atoms with Gasteiger partial charge in [0.25, 0.3) is 0 Å². The first-order valence-electron chi connectivity index (χ1n) is 11.2. The van der Waals surface area contributed by atoms with Crippen molar-refractivity contribution in [2.45, 2.75) is 32.0 Å². The zero-order chi connectivity index (χ0) is 21.3. The normalized spacial score (nSPS) is 19.1.